The lowest BCUT2D eigenvalue weighted by Gasteiger charge is -2.20. The molecule has 1 amide bonds. The quantitative estimate of drug-likeness (QED) is 0.775. The predicted octanol–water partition coefficient (Wildman–Crippen LogP) is 5.02. The normalized spacial score (nSPS) is 11.4. The second-order valence-corrected chi connectivity index (χ2v) is 6.38. The minimum Gasteiger partial charge on any atom is -0.444 e. The highest BCUT2D eigenvalue weighted by atomic mass is 19.1. The molecule has 1 rings (SSSR count). The Bertz CT molecular complexity index is 494. The fourth-order valence-corrected chi connectivity index (χ4v) is 1.99. The summed E-state index contributed by atoms with van der Waals surface area (Å²) in [7, 11) is 0. The number of hydrogen-bond acceptors (Lipinski definition) is 3. The van der Waals surface area contributed by atoms with E-state index in [0.29, 0.717) is 23.8 Å². The van der Waals surface area contributed by atoms with Crippen molar-refractivity contribution < 1.29 is 13.9 Å². The zero-order valence-corrected chi connectivity index (χ0v) is 14.1. The maximum Gasteiger partial charge on any atom is 0.412 e. The predicted molar refractivity (Wildman–Crippen MR) is 88.8 cm³/mol. The summed E-state index contributed by atoms with van der Waals surface area (Å²) in [6, 6.07) is 4.44. The lowest BCUT2D eigenvalue weighted by atomic mass is 10.0. The average molecular weight is 310 g/mol. The molecule has 2 N–H and O–H groups in total. The molecular weight excluding hydrogens is 283 g/mol. The summed E-state index contributed by atoms with van der Waals surface area (Å²) in [5.74, 6) is 0.169. The van der Waals surface area contributed by atoms with E-state index in [1.807, 2.05) is 0 Å². The van der Waals surface area contributed by atoms with Crippen LogP contribution in [0.15, 0.2) is 18.2 Å². The van der Waals surface area contributed by atoms with Gasteiger partial charge in [-0.15, -0.1) is 0 Å². The zero-order valence-electron chi connectivity index (χ0n) is 14.1. The molecule has 1 aromatic carbocycles. The lowest BCUT2D eigenvalue weighted by Crippen LogP contribution is -2.27. The van der Waals surface area contributed by atoms with Crippen molar-refractivity contribution in [2.24, 2.45) is 5.92 Å². The second kappa shape index (κ2) is 8.01. The van der Waals surface area contributed by atoms with Crippen molar-refractivity contribution in [3.05, 3.63) is 24.0 Å². The topological polar surface area (TPSA) is 50.4 Å². The van der Waals surface area contributed by atoms with E-state index in [1.54, 1.807) is 26.8 Å². The molecule has 0 atom stereocenters. The van der Waals surface area contributed by atoms with Gasteiger partial charge in [-0.05, 0) is 44.9 Å². The zero-order chi connectivity index (χ0) is 16.8. The van der Waals surface area contributed by atoms with Gasteiger partial charge >= 0.3 is 6.09 Å². The van der Waals surface area contributed by atoms with E-state index >= 15 is 0 Å². The van der Waals surface area contributed by atoms with Crippen LogP contribution in [0, 0.1) is 11.7 Å². The number of nitrogens with one attached hydrogen (secondary N) is 2. The Balaban J connectivity index is 2.71. The van der Waals surface area contributed by atoms with E-state index in [2.05, 4.69) is 24.5 Å². The van der Waals surface area contributed by atoms with Gasteiger partial charge in [-0.2, -0.15) is 0 Å². The van der Waals surface area contributed by atoms with Crippen LogP contribution in [0.4, 0.5) is 20.6 Å². The molecule has 0 saturated carbocycles. The maximum absolute atomic E-state index is 13.8. The van der Waals surface area contributed by atoms with Gasteiger partial charge in [0.1, 0.15) is 11.4 Å². The molecule has 0 unspecified atom stereocenters. The van der Waals surface area contributed by atoms with Gasteiger partial charge in [0, 0.05) is 12.2 Å². The van der Waals surface area contributed by atoms with Crippen LogP contribution in [0.1, 0.15) is 47.5 Å². The number of ether oxygens (including phenoxy) is 1. The molecule has 0 heterocycles. The third-order valence-electron chi connectivity index (χ3n) is 3.35. The van der Waals surface area contributed by atoms with Crippen molar-refractivity contribution in [3.63, 3.8) is 0 Å². The third-order valence-corrected chi connectivity index (χ3v) is 3.35. The van der Waals surface area contributed by atoms with Crippen LogP contribution in [0.25, 0.3) is 0 Å². The first-order chi connectivity index (χ1) is 10.2. The Hall–Kier alpha value is -1.78. The number of hydrogen-bond donors (Lipinski definition) is 2. The molecule has 0 aromatic heterocycles. The fourth-order valence-electron chi connectivity index (χ4n) is 1.99. The number of halogens is 1. The van der Waals surface area contributed by atoms with Crippen molar-refractivity contribution in [1.29, 1.82) is 0 Å². The molecule has 1 aromatic rings. The molecule has 0 aliphatic heterocycles. The SMILES string of the molecule is CCC(CC)CNc1cc(NC(=O)OC(C)(C)C)ccc1F. The number of anilines is 2. The molecule has 0 spiro atoms. The molecule has 0 aliphatic carbocycles. The first kappa shape index (κ1) is 18.3. The highest BCUT2D eigenvalue weighted by Crippen LogP contribution is 2.21. The highest BCUT2D eigenvalue weighted by Gasteiger charge is 2.16. The summed E-state index contributed by atoms with van der Waals surface area (Å²) >= 11 is 0. The van der Waals surface area contributed by atoms with E-state index in [4.69, 9.17) is 4.74 Å². The Morgan fingerprint density at radius 2 is 1.91 bits per heavy atom. The van der Waals surface area contributed by atoms with Crippen LogP contribution in [0.2, 0.25) is 0 Å². The highest BCUT2D eigenvalue weighted by molar-refractivity contribution is 5.85. The summed E-state index contributed by atoms with van der Waals surface area (Å²) in [5.41, 5.74) is 0.323. The van der Waals surface area contributed by atoms with E-state index in [1.165, 1.54) is 12.1 Å². The van der Waals surface area contributed by atoms with Gasteiger partial charge in [0.2, 0.25) is 0 Å². The Kier molecular flexibility index (Phi) is 6.65. The second-order valence-electron chi connectivity index (χ2n) is 6.38. The minimum absolute atomic E-state index is 0.333. The van der Waals surface area contributed by atoms with Gasteiger partial charge in [0.15, 0.2) is 0 Å². The summed E-state index contributed by atoms with van der Waals surface area (Å²) in [6.45, 7) is 10.3. The summed E-state index contributed by atoms with van der Waals surface area (Å²) in [5, 5.41) is 5.72. The van der Waals surface area contributed by atoms with E-state index < -0.39 is 11.7 Å². The molecule has 22 heavy (non-hydrogen) atoms. The first-order valence-corrected chi connectivity index (χ1v) is 7.78. The van der Waals surface area contributed by atoms with Gasteiger partial charge in [-0.3, -0.25) is 5.32 Å². The molecule has 0 fully saturated rings. The Labute approximate surface area is 132 Å². The van der Waals surface area contributed by atoms with Gasteiger partial charge in [-0.1, -0.05) is 26.7 Å². The minimum atomic E-state index is -0.569. The molecule has 0 bridgehead atoms. The number of amides is 1. The van der Waals surface area contributed by atoms with Crippen molar-refractivity contribution >= 4 is 17.5 Å². The molecule has 0 radical (unpaired) electrons. The van der Waals surface area contributed by atoms with Crippen LogP contribution in [0.5, 0.6) is 0 Å². The number of carbonyl (C=O) groups excluding carboxylic acids is 1. The lowest BCUT2D eigenvalue weighted by molar-refractivity contribution is 0.0636. The van der Waals surface area contributed by atoms with E-state index in [-0.39, 0.29) is 5.82 Å². The van der Waals surface area contributed by atoms with E-state index in [9.17, 15) is 9.18 Å². The molecular formula is C17H27FN2O2. The molecule has 0 aliphatic rings. The summed E-state index contributed by atoms with van der Waals surface area (Å²) in [6.07, 6.45) is 1.53. The standard InChI is InChI=1S/C17H27FN2O2/c1-6-12(7-2)11-19-15-10-13(8-9-14(15)18)20-16(21)22-17(3,4)5/h8-10,12,19H,6-7,11H2,1-5H3,(H,20,21). The van der Waals surface area contributed by atoms with Crippen LogP contribution in [-0.4, -0.2) is 18.2 Å². The van der Waals surface area contributed by atoms with Crippen LogP contribution >= 0.6 is 0 Å². The summed E-state index contributed by atoms with van der Waals surface area (Å²) < 4.78 is 19.0. The number of carbonyl (C=O) groups is 1. The maximum atomic E-state index is 13.8. The average Bonchev–Trinajstić information content (AvgIpc) is 2.41. The van der Waals surface area contributed by atoms with Crippen LogP contribution < -0.4 is 10.6 Å². The monoisotopic (exact) mass is 310 g/mol. The van der Waals surface area contributed by atoms with Crippen molar-refractivity contribution in [1.82, 2.24) is 0 Å². The Morgan fingerprint density at radius 3 is 2.45 bits per heavy atom. The van der Waals surface area contributed by atoms with Crippen LogP contribution in [-0.2, 0) is 4.74 Å². The molecule has 4 nitrogen and oxygen atoms in total. The summed E-state index contributed by atoms with van der Waals surface area (Å²) in [4.78, 5) is 11.7. The largest absolute Gasteiger partial charge is 0.444 e. The molecule has 124 valence electrons. The van der Waals surface area contributed by atoms with Crippen molar-refractivity contribution in [2.45, 2.75) is 53.1 Å². The van der Waals surface area contributed by atoms with Gasteiger partial charge in [-0.25, -0.2) is 9.18 Å². The van der Waals surface area contributed by atoms with E-state index in [0.717, 1.165) is 12.8 Å². The van der Waals surface area contributed by atoms with Gasteiger partial charge < -0.3 is 10.1 Å². The van der Waals surface area contributed by atoms with Crippen molar-refractivity contribution in [2.75, 3.05) is 17.2 Å². The number of benzene rings is 1. The molecule has 5 heteroatoms. The van der Waals surface area contributed by atoms with Gasteiger partial charge in [0.25, 0.3) is 0 Å². The van der Waals surface area contributed by atoms with Crippen molar-refractivity contribution in [3.8, 4) is 0 Å². The number of rotatable bonds is 6. The smallest absolute Gasteiger partial charge is 0.412 e. The van der Waals surface area contributed by atoms with Crippen LogP contribution in [0.3, 0.4) is 0 Å². The first-order valence-electron chi connectivity index (χ1n) is 7.78. The van der Waals surface area contributed by atoms with Gasteiger partial charge in [0.05, 0.1) is 5.69 Å². The third kappa shape index (κ3) is 6.33. The molecule has 0 saturated heterocycles. The Morgan fingerprint density at radius 1 is 1.27 bits per heavy atom. The fraction of sp³-hybridized carbons (Fsp3) is 0.588.